The van der Waals surface area contributed by atoms with Crippen LogP contribution >= 0.6 is 0 Å². The molecule has 0 saturated heterocycles. The van der Waals surface area contributed by atoms with E-state index in [-0.39, 0.29) is 0 Å². The number of rotatable bonds is 4. The highest BCUT2D eigenvalue weighted by molar-refractivity contribution is 5.42. The van der Waals surface area contributed by atoms with Crippen LogP contribution in [0, 0.1) is 0 Å². The van der Waals surface area contributed by atoms with Gasteiger partial charge in [0.15, 0.2) is 0 Å². The minimum absolute atomic E-state index is 0.335. The van der Waals surface area contributed by atoms with Gasteiger partial charge in [-0.15, -0.1) is 0 Å². The molecule has 1 heterocycles. The molecule has 3 heteroatoms. The third-order valence-corrected chi connectivity index (χ3v) is 2.90. The summed E-state index contributed by atoms with van der Waals surface area (Å²) in [7, 11) is 1.65. The lowest BCUT2D eigenvalue weighted by molar-refractivity contribution is 0.413. The fourth-order valence-corrected chi connectivity index (χ4v) is 1.56. The van der Waals surface area contributed by atoms with Crippen LogP contribution in [0.2, 0.25) is 0 Å². The molecule has 0 bridgehead atoms. The van der Waals surface area contributed by atoms with E-state index in [9.17, 15) is 0 Å². The molecule has 0 amide bonds. The molecule has 1 fully saturated rings. The summed E-state index contributed by atoms with van der Waals surface area (Å²) in [5.74, 6) is 1.75. The smallest absolute Gasteiger partial charge is 0.137 e. The first-order valence-corrected chi connectivity index (χ1v) is 5.06. The van der Waals surface area contributed by atoms with Gasteiger partial charge in [0.25, 0.3) is 0 Å². The Morgan fingerprint density at radius 2 is 2.29 bits per heavy atom. The molecule has 3 nitrogen and oxygen atoms in total. The van der Waals surface area contributed by atoms with Crippen molar-refractivity contribution < 1.29 is 4.74 Å². The van der Waals surface area contributed by atoms with Gasteiger partial charge >= 0.3 is 0 Å². The van der Waals surface area contributed by atoms with Crippen LogP contribution in [0.3, 0.4) is 0 Å². The molecule has 0 radical (unpaired) electrons. The van der Waals surface area contributed by atoms with Crippen LogP contribution in [-0.2, 0) is 0 Å². The summed E-state index contributed by atoms with van der Waals surface area (Å²) >= 11 is 0. The average Bonchev–Trinajstić information content (AvgIpc) is 3.00. The van der Waals surface area contributed by atoms with Gasteiger partial charge in [-0.05, 0) is 31.4 Å². The number of hydrogen-bond acceptors (Lipinski definition) is 3. The SMILES string of the molecule is CCC1(Nc2ccc(OC)cn2)CC1. The molecule has 0 unspecified atom stereocenters. The fourth-order valence-electron chi connectivity index (χ4n) is 1.56. The quantitative estimate of drug-likeness (QED) is 0.795. The number of nitrogens with zero attached hydrogens (tertiary/aromatic N) is 1. The molecule has 0 aliphatic heterocycles. The van der Waals surface area contributed by atoms with E-state index in [0.29, 0.717) is 5.54 Å². The molecule has 14 heavy (non-hydrogen) atoms. The maximum atomic E-state index is 5.05. The Bertz CT molecular complexity index is 304. The first-order chi connectivity index (χ1) is 6.78. The molecule has 76 valence electrons. The summed E-state index contributed by atoms with van der Waals surface area (Å²) in [6, 6.07) is 3.90. The zero-order valence-electron chi connectivity index (χ0n) is 8.71. The third-order valence-electron chi connectivity index (χ3n) is 2.90. The van der Waals surface area contributed by atoms with Gasteiger partial charge in [0.05, 0.1) is 13.3 Å². The van der Waals surface area contributed by atoms with Crippen LogP contribution in [0.25, 0.3) is 0 Å². The maximum Gasteiger partial charge on any atom is 0.137 e. The van der Waals surface area contributed by atoms with Crippen molar-refractivity contribution in [2.24, 2.45) is 0 Å². The summed E-state index contributed by atoms with van der Waals surface area (Å²) in [6.07, 6.45) is 5.43. The molecule has 1 aliphatic rings. The van der Waals surface area contributed by atoms with Crippen molar-refractivity contribution in [3.8, 4) is 5.75 Å². The summed E-state index contributed by atoms with van der Waals surface area (Å²) < 4.78 is 5.05. The van der Waals surface area contributed by atoms with E-state index in [1.165, 1.54) is 19.3 Å². The van der Waals surface area contributed by atoms with Crippen molar-refractivity contribution in [3.63, 3.8) is 0 Å². The Hall–Kier alpha value is -1.25. The molecule has 0 aromatic carbocycles. The van der Waals surface area contributed by atoms with Crippen molar-refractivity contribution in [2.45, 2.75) is 31.7 Å². The number of pyridine rings is 1. The normalized spacial score (nSPS) is 17.6. The minimum Gasteiger partial charge on any atom is -0.495 e. The van der Waals surface area contributed by atoms with Gasteiger partial charge < -0.3 is 10.1 Å². The molecule has 2 rings (SSSR count). The van der Waals surface area contributed by atoms with Crippen molar-refractivity contribution in [3.05, 3.63) is 18.3 Å². The highest BCUT2D eigenvalue weighted by Crippen LogP contribution is 2.41. The van der Waals surface area contributed by atoms with Crippen LogP contribution in [0.5, 0.6) is 5.75 Å². The molecule has 1 saturated carbocycles. The van der Waals surface area contributed by atoms with Crippen molar-refractivity contribution in [1.29, 1.82) is 0 Å². The van der Waals surface area contributed by atoms with Gasteiger partial charge in [0.1, 0.15) is 11.6 Å². The largest absolute Gasteiger partial charge is 0.495 e. The van der Waals surface area contributed by atoms with Gasteiger partial charge in [-0.25, -0.2) is 4.98 Å². The second-order valence-corrected chi connectivity index (χ2v) is 3.84. The molecule has 1 aromatic heterocycles. The summed E-state index contributed by atoms with van der Waals surface area (Å²) in [5.41, 5.74) is 0.335. The molecule has 1 aromatic rings. The molecule has 0 atom stereocenters. The summed E-state index contributed by atoms with van der Waals surface area (Å²) in [6.45, 7) is 2.21. The number of aromatic nitrogens is 1. The Morgan fingerprint density at radius 3 is 2.71 bits per heavy atom. The topological polar surface area (TPSA) is 34.1 Å². The summed E-state index contributed by atoms with van der Waals surface area (Å²) in [4.78, 5) is 4.29. The van der Waals surface area contributed by atoms with Gasteiger partial charge in [0, 0.05) is 5.54 Å². The highest BCUT2D eigenvalue weighted by Gasteiger charge is 2.40. The second-order valence-electron chi connectivity index (χ2n) is 3.84. The van der Waals surface area contributed by atoms with Crippen LogP contribution in [0.15, 0.2) is 18.3 Å². The standard InChI is InChI=1S/C11H16N2O/c1-3-11(6-7-11)13-10-5-4-9(14-2)8-12-10/h4-5,8H,3,6-7H2,1-2H3,(H,12,13). The van der Waals surface area contributed by atoms with Crippen molar-refractivity contribution in [2.75, 3.05) is 12.4 Å². The molecule has 1 aliphatic carbocycles. The van der Waals surface area contributed by atoms with E-state index in [1.54, 1.807) is 13.3 Å². The van der Waals surface area contributed by atoms with Gasteiger partial charge in [-0.2, -0.15) is 0 Å². The zero-order chi connectivity index (χ0) is 10.0. The van der Waals surface area contributed by atoms with Gasteiger partial charge in [0.2, 0.25) is 0 Å². The predicted molar refractivity (Wildman–Crippen MR) is 56.7 cm³/mol. The first kappa shape index (κ1) is 9.31. The lowest BCUT2D eigenvalue weighted by Gasteiger charge is -2.15. The van der Waals surface area contributed by atoms with Crippen molar-refractivity contribution in [1.82, 2.24) is 4.98 Å². The van der Waals surface area contributed by atoms with E-state index >= 15 is 0 Å². The monoisotopic (exact) mass is 192 g/mol. The highest BCUT2D eigenvalue weighted by atomic mass is 16.5. The van der Waals surface area contributed by atoms with Crippen LogP contribution in [0.4, 0.5) is 5.82 Å². The summed E-state index contributed by atoms with van der Waals surface area (Å²) in [5, 5.41) is 3.46. The lowest BCUT2D eigenvalue weighted by atomic mass is 10.2. The van der Waals surface area contributed by atoms with E-state index < -0.39 is 0 Å². The zero-order valence-corrected chi connectivity index (χ0v) is 8.71. The van der Waals surface area contributed by atoms with Crippen LogP contribution < -0.4 is 10.1 Å². The number of methoxy groups -OCH3 is 1. The van der Waals surface area contributed by atoms with E-state index in [2.05, 4.69) is 17.2 Å². The molecule has 0 spiro atoms. The van der Waals surface area contributed by atoms with E-state index in [4.69, 9.17) is 4.74 Å². The van der Waals surface area contributed by atoms with Crippen LogP contribution in [-0.4, -0.2) is 17.6 Å². The average molecular weight is 192 g/mol. The Kier molecular flexibility index (Phi) is 2.32. The van der Waals surface area contributed by atoms with Gasteiger partial charge in [-0.3, -0.25) is 0 Å². The molecule has 1 N–H and O–H groups in total. The number of nitrogens with one attached hydrogen (secondary N) is 1. The Balaban J connectivity index is 2.03. The molecular formula is C11H16N2O. The lowest BCUT2D eigenvalue weighted by Crippen LogP contribution is -2.20. The van der Waals surface area contributed by atoms with E-state index in [1.807, 2.05) is 12.1 Å². The number of ether oxygens (including phenoxy) is 1. The van der Waals surface area contributed by atoms with E-state index in [0.717, 1.165) is 11.6 Å². The first-order valence-electron chi connectivity index (χ1n) is 5.06. The van der Waals surface area contributed by atoms with Crippen molar-refractivity contribution >= 4 is 5.82 Å². The van der Waals surface area contributed by atoms with Crippen LogP contribution in [0.1, 0.15) is 26.2 Å². The fraction of sp³-hybridized carbons (Fsp3) is 0.545. The maximum absolute atomic E-state index is 5.05. The van der Waals surface area contributed by atoms with Gasteiger partial charge in [-0.1, -0.05) is 6.92 Å². The Labute approximate surface area is 84.5 Å². The third kappa shape index (κ3) is 1.81. The minimum atomic E-state index is 0.335. The second kappa shape index (κ2) is 3.48. The predicted octanol–water partition coefficient (Wildman–Crippen LogP) is 2.44. The Morgan fingerprint density at radius 1 is 1.50 bits per heavy atom. The number of anilines is 1. The molecular weight excluding hydrogens is 176 g/mol. The number of hydrogen-bond donors (Lipinski definition) is 1.